The Morgan fingerprint density at radius 2 is 1.73 bits per heavy atom. The van der Waals surface area contributed by atoms with Gasteiger partial charge in [-0.25, -0.2) is 4.98 Å². The summed E-state index contributed by atoms with van der Waals surface area (Å²) < 4.78 is 47.9. The number of halogens is 3. The van der Waals surface area contributed by atoms with Crippen molar-refractivity contribution in [3.05, 3.63) is 59.3 Å². The molecular formula is C37H45F3N8O3. The van der Waals surface area contributed by atoms with Crippen LogP contribution in [0.1, 0.15) is 53.6 Å². The number of aromatic nitrogens is 2. The topological polar surface area (TPSA) is 124 Å². The zero-order valence-corrected chi connectivity index (χ0v) is 29.4. The standard InChI is InChI=1S/C37H45F3N8O3/c1-21-6-5-7-26(33(49)41-2)30(21)45-32-27(37(38,39)40)20-42-35(46-32)44-28-9-8-25(16-29(28)51-4)43-34(50)36-17-22-14-23(18-36)31(24(15-22)19-36)48-12-10-47(3)11-13-48/h5-9,16,20,22-24,31H,10-15,17-19H2,1-4H3,(H,41,49)(H,43,50)(H2,42,44,45,46). The molecule has 4 aliphatic carbocycles. The molecule has 1 aromatic heterocycles. The third-order valence-electron chi connectivity index (χ3n) is 11.5. The van der Waals surface area contributed by atoms with E-state index in [1.165, 1.54) is 33.1 Å². The first kappa shape index (κ1) is 35.0. The van der Waals surface area contributed by atoms with Crippen LogP contribution < -0.4 is 26.0 Å². The fraction of sp³-hybridized carbons (Fsp3) is 0.514. The summed E-state index contributed by atoms with van der Waals surface area (Å²) in [6, 6.07) is 10.5. The van der Waals surface area contributed by atoms with Crippen LogP contribution in [0.4, 0.5) is 42.0 Å². The number of amides is 2. The average molecular weight is 707 g/mol. The Morgan fingerprint density at radius 3 is 2.39 bits per heavy atom. The lowest BCUT2D eigenvalue weighted by Crippen LogP contribution is -2.63. The Hall–Kier alpha value is -4.43. The average Bonchev–Trinajstić information content (AvgIpc) is 3.09. The summed E-state index contributed by atoms with van der Waals surface area (Å²) in [5.74, 6) is 0.959. The number of rotatable bonds is 9. The third kappa shape index (κ3) is 6.83. The van der Waals surface area contributed by atoms with Crippen LogP contribution in [-0.2, 0) is 11.0 Å². The molecule has 2 unspecified atom stereocenters. The number of piperazine rings is 1. The minimum atomic E-state index is -4.77. The molecule has 1 aliphatic heterocycles. The van der Waals surface area contributed by atoms with Crippen molar-refractivity contribution in [3.8, 4) is 5.75 Å². The molecule has 3 aromatic rings. The first-order valence-electron chi connectivity index (χ1n) is 17.6. The van der Waals surface area contributed by atoms with E-state index in [-0.39, 0.29) is 28.5 Å². The van der Waals surface area contributed by atoms with Crippen LogP contribution in [0.5, 0.6) is 5.75 Å². The van der Waals surface area contributed by atoms with Crippen LogP contribution in [0, 0.1) is 30.1 Å². The van der Waals surface area contributed by atoms with Gasteiger partial charge in [0.25, 0.3) is 5.91 Å². The third-order valence-corrected chi connectivity index (χ3v) is 11.5. The molecule has 0 spiro atoms. The predicted molar refractivity (Wildman–Crippen MR) is 189 cm³/mol. The molecule has 4 N–H and O–H groups in total. The highest BCUT2D eigenvalue weighted by molar-refractivity contribution is 6.01. The van der Waals surface area contributed by atoms with E-state index in [1.54, 1.807) is 37.3 Å². The number of anilines is 5. The molecule has 4 bridgehead atoms. The highest BCUT2D eigenvalue weighted by atomic mass is 19.4. The SMILES string of the molecule is CNC(=O)c1cccc(C)c1Nc1nc(Nc2ccc(NC(=O)C34CC5CC(C3)C(N3CCN(C)CC3)C(C5)C4)cc2OC)ncc1C(F)(F)F. The maximum absolute atomic E-state index is 14.1. The molecule has 1 saturated heterocycles. The summed E-state index contributed by atoms with van der Waals surface area (Å²) in [7, 11) is 5.10. The Kier molecular flexibility index (Phi) is 9.34. The summed E-state index contributed by atoms with van der Waals surface area (Å²) in [6.45, 7) is 6.06. The first-order valence-corrected chi connectivity index (χ1v) is 17.6. The number of hydrogen-bond donors (Lipinski definition) is 4. The smallest absolute Gasteiger partial charge is 0.421 e. The summed E-state index contributed by atoms with van der Waals surface area (Å²) in [4.78, 5) is 39.8. The molecule has 272 valence electrons. The monoisotopic (exact) mass is 706 g/mol. The van der Waals surface area contributed by atoms with E-state index >= 15 is 0 Å². The summed E-state index contributed by atoms with van der Waals surface area (Å²) in [5.41, 5.74) is 0.415. The molecule has 2 heterocycles. The molecule has 8 rings (SSSR count). The zero-order valence-electron chi connectivity index (χ0n) is 29.4. The maximum Gasteiger partial charge on any atom is 0.421 e. The van der Waals surface area contributed by atoms with Gasteiger partial charge in [0.1, 0.15) is 17.1 Å². The second kappa shape index (κ2) is 13.6. The van der Waals surface area contributed by atoms with E-state index in [2.05, 4.69) is 48.1 Å². The van der Waals surface area contributed by atoms with Crippen molar-refractivity contribution in [1.82, 2.24) is 25.1 Å². The largest absolute Gasteiger partial charge is 0.494 e. The molecule has 2 atom stereocenters. The molecule has 51 heavy (non-hydrogen) atoms. The van der Waals surface area contributed by atoms with Gasteiger partial charge in [0, 0.05) is 57.2 Å². The highest BCUT2D eigenvalue weighted by Crippen LogP contribution is 2.61. The van der Waals surface area contributed by atoms with Crippen molar-refractivity contribution in [1.29, 1.82) is 0 Å². The molecule has 5 aliphatic rings. The number of para-hydroxylation sites is 1. The number of nitrogens with one attached hydrogen (secondary N) is 4. The van der Waals surface area contributed by atoms with Gasteiger partial charge >= 0.3 is 6.18 Å². The number of carbonyl (C=O) groups is 2. The van der Waals surface area contributed by atoms with E-state index in [9.17, 15) is 22.8 Å². The van der Waals surface area contributed by atoms with Crippen molar-refractivity contribution in [3.63, 3.8) is 0 Å². The summed E-state index contributed by atoms with van der Waals surface area (Å²) in [5, 5.41) is 11.4. The van der Waals surface area contributed by atoms with E-state index in [0.29, 0.717) is 52.7 Å². The molecular weight excluding hydrogens is 661 g/mol. The van der Waals surface area contributed by atoms with Gasteiger partial charge in [0.2, 0.25) is 11.9 Å². The highest BCUT2D eigenvalue weighted by Gasteiger charge is 2.59. The first-order chi connectivity index (χ1) is 24.4. The molecule has 0 radical (unpaired) electrons. The quantitative estimate of drug-likeness (QED) is 0.211. The van der Waals surface area contributed by atoms with Crippen molar-refractivity contribution < 1.29 is 27.5 Å². The Balaban J connectivity index is 1.09. The second-order valence-electron chi connectivity index (χ2n) is 14.7. The van der Waals surface area contributed by atoms with Crippen molar-refractivity contribution in [2.45, 2.75) is 51.2 Å². The zero-order chi connectivity index (χ0) is 36.1. The van der Waals surface area contributed by atoms with E-state index in [1.807, 2.05) is 0 Å². The van der Waals surface area contributed by atoms with Gasteiger partial charge in [0.15, 0.2) is 0 Å². The predicted octanol–water partition coefficient (Wildman–Crippen LogP) is 6.04. The van der Waals surface area contributed by atoms with Crippen molar-refractivity contribution in [2.24, 2.45) is 23.2 Å². The van der Waals surface area contributed by atoms with E-state index in [0.717, 1.165) is 45.4 Å². The van der Waals surface area contributed by atoms with Gasteiger partial charge in [0.05, 0.1) is 29.5 Å². The van der Waals surface area contributed by atoms with E-state index in [4.69, 9.17) is 4.74 Å². The number of methoxy groups -OCH3 is 1. The number of aryl methyl sites for hydroxylation is 1. The number of likely N-dealkylation sites (N-methyl/N-ethyl adjacent to an activating group) is 1. The Bertz CT molecular complexity index is 1800. The van der Waals surface area contributed by atoms with Gasteiger partial charge in [-0.05, 0) is 87.6 Å². The van der Waals surface area contributed by atoms with Crippen LogP contribution in [-0.4, -0.2) is 85.0 Å². The van der Waals surface area contributed by atoms with Crippen LogP contribution >= 0.6 is 0 Å². The van der Waals surface area contributed by atoms with Crippen LogP contribution in [0.25, 0.3) is 0 Å². The number of carbonyl (C=O) groups excluding carboxylic acids is 2. The maximum atomic E-state index is 14.1. The van der Waals surface area contributed by atoms with E-state index < -0.39 is 23.5 Å². The lowest BCUT2D eigenvalue weighted by molar-refractivity contribution is -0.152. The molecule has 4 saturated carbocycles. The Morgan fingerprint density at radius 1 is 1.00 bits per heavy atom. The molecule has 2 aromatic carbocycles. The molecule has 14 heteroatoms. The van der Waals surface area contributed by atoms with Gasteiger partial charge < -0.3 is 30.9 Å². The second-order valence-corrected chi connectivity index (χ2v) is 14.7. The summed E-state index contributed by atoms with van der Waals surface area (Å²) >= 11 is 0. The van der Waals surface area contributed by atoms with Gasteiger partial charge in [-0.1, -0.05) is 12.1 Å². The Labute approximate surface area is 295 Å². The van der Waals surface area contributed by atoms with Crippen LogP contribution in [0.3, 0.4) is 0 Å². The lowest BCUT2D eigenvalue weighted by Gasteiger charge is -2.61. The number of alkyl halides is 3. The van der Waals surface area contributed by atoms with Crippen molar-refractivity contribution in [2.75, 3.05) is 63.3 Å². The number of hydrogen-bond acceptors (Lipinski definition) is 9. The van der Waals surface area contributed by atoms with Crippen LogP contribution in [0.2, 0.25) is 0 Å². The number of nitrogens with zero attached hydrogens (tertiary/aromatic N) is 4. The molecule has 2 amide bonds. The minimum Gasteiger partial charge on any atom is -0.494 e. The van der Waals surface area contributed by atoms with Crippen LogP contribution in [0.15, 0.2) is 42.6 Å². The van der Waals surface area contributed by atoms with Gasteiger partial charge in [-0.15, -0.1) is 0 Å². The lowest BCUT2D eigenvalue weighted by atomic mass is 9.47. The molecule has 11 nitrogen and oxygen atoms in total. The molecule has 5 fully saturated rings. The fourth-order valence-corrected chi connectivity index (χ4v) is 9.27. The van der Waals surface area contributed by atoms with Crippen molar-refractivity contribution >= 4 is 40.6 Å². The fourth-order valence-electron chi connectivity index (χ4n) is 9.27. The number of ether oxygens (including phenoxy) is 1. The number of benzene rings is 2. The van der Waals surface area contributed by atoms with Gasteiger partial charge in [-0.3, -0.25) is 14.5 Å². The summed E-state index contributed by atoms with van der Waals surface area (Å²) in [6.07, 6.45) is 1.09. The minimum absolute atomic E-state index is 0.0515. The van der Waals surface area contributed by atoms with Gasteiger partial charge in [-0.2, -0.15) is 18.2 Å². The normalized spacial score (nSPS) is 26.1.